The predicted molar refractivity (Wildman–Crippen MR) is 93.9 cm³/mol. The van der Waals surface area contributed by atoms with Gasteiger partial charge >= 0.3 is 0 Å². The number of nitrogens with one attached hydrogen (secondary N) is 1. The molecule has 0 radical (unpaired) electrons. The number of nitrogens with two attached hydrogens (primary N) is 1. The van der Waals surface area contributed by atoms with Crippen molar-refractivity contribution < 1.29 is 10.1 Å². The van der Waals surface area contributed by atoms with Crippen LogP contribution in [0.3, 0.4) is 0 Å². The molecule has 2 atom stereocenters. The maximum Gasteiger partial charge on any atom is 0.221 e. The number of Topliss-reactive ketones (excluding diaryl/α,β-unsaturated/α-hetero) is 1. The minimum absolute atomic E-state index is 0.142. The molecule has 4 heteroatoms. The fourth-order valence-electron chi connectivity index (χ4n) is 2.92. The molecule has 0 saturated carbocycles. The van der Waals surface area contributed by atoms with Gasteiger partial charge in [0.15, 0.2) is 0 Å². The molecule has 0 spiro atoms. The van der Waals surface area contributed by atoms with E-state index in [1.807, 2.05) is 61.7 Å². The van der Waals surface area contributed by atoms with E-state index in [0.717, 1.165) is 27.1 Å². The molecule has 118 valence electrons. The summed E-state index contributed by atoms with van der Waals surface area (Å²) in [4.78, 5) is 15.9. The zero-order valence-electron chi connectivity index (χ0n) is 13.2. The van der Waals surface area contributed by atoms with Crippen LogP contribution in [0.1, 0.15) is 35.8 Å². The zero-order valence-corrected chi connectivity index (χ0v) is 14.0. The summed E-state index contributed by atoms with van der Waals surface area (Å²) in [7, 11) is 0. The van der Waals surface area contributed by atoms with Gasteiger partial charge in [-0.2, -0.15) is 0 Å². The fraction of sp³-hybridized carbons (Fsp3) is 0.211. The molecule has 0 aliphatic rings. The molecule has 0 amide bonds. The molecule has 3 nitrogen and oxygen atoms in total. The Morgan fingerprint density at radius 1 is 1.09 bits per heavy atom. The summed E-state index contributed by atoms with van der Waals surface area (Å²) < 4.78 is 0. The number of quaternary nitrogens is 1. The number of halogens is 1. The fourth-order valence-corrected chi connectivity index (χ4v) is 3.04. The van der Waals surface area contributed by atoms with E-state index in [4.69, 9.17) is 11.6 Å². The normalized spacial score (nSPS) is 13.9. The Morgan fingerprint density at radius 2 is 1.78 bits per heavy atom. The van der Waals surface area contributed by atoms with Crippen LogP contribution in [-0.4, -0.2) is 16.8 Å². The number of H-pyrrole nitrogens is 1. The van der Waals surface area contributed by atoms with Gasteiger partial charge in [-0.25, -0.2) is 0 Å². The van der Waals surface area contributed by atoms with Gasteiger partial charge in [0, 0.05) is 33.2 Å². The van der Waals surface area contributed by atoms with Crippen LogP contribution in [0.5, 0.6) is 0 Å². The third kappa shape index (κ3) is 3.31. The van der Waals surface area contributed by atoms with Crippen LogP contribution in [0, 0.1) is 0 Å². The molecule has 0 unspecified atom stereocenters. The number of benzene rings is 2. The van der Waals surface area contributed by atoms with Gasteiger partial charge in [-0.05, 0) is 32.0 Å². The number of ketones is 1. The number of para-hydroxylation sites is 1. The van der Waals surface area contributed by atoms with Gasteiger partial charge in [-0.3, -0.25) is 4.79 Å². The van der Waals surface area contributed by atoms with Gasteiger partial charge in [-0.15, -0.1) is 0 Å². The van der Waals surface area contributed by atoms with Gasteiger partial charge in [0.25, 0.3) is 0 Å². The second-order valence-corrected chi connectivity index (χ2v) is 6.37. The van der Waals surface area contributed by atoms with E-state index in [0.29, 0.717) is 0 Å². The highest BCUT2D eigenvalue weighted by molar-refractivity contribution is 6.30. The van der Waals surface area contributed by atoms with Crippen LogP contribution in [0.25, 0.3) is 10.9 Å². The lowest BCUT2D eigenvalue weighted by Crippen LogP contribution is -2.91. The molecule has 0 saturated heterocycles. The number of fused-ring (bicyclic) bond motifs is 1. The monoisotopic (exact) mass is 327 g/mol. The van der Waals surface area contributed by atoms with E-state index in [1.54, 1.807) is 0 Å². The molecule has 1 heterocycles. The van der Waals surface area contributed by atoms with Gasteiger partial charge in [0.05, 0.1) is 0 Å². The van der Waals surface area contributed by atoms with Crippen molar-refractivity contribution in [1.82, 2.24) is 4.98 Å². The molecule has 3 N–H and O–H groups in total. The standard InChI is InChI=1S/C19H19ClN2O/c1-12(14-7-9-15(20)10-8-14)22-13(2)19(23)17-11-21-18-6-4-3-5-16(17)18/h3-13,21-22H,1-2H3/p+1/t12-,13-/m0/s1. The maximum absolute atomic E-state index is 12.8. The Kier molecular flexibility index (Phi) is 4.51. The van der Waals surface area contributed by atoms with Crippen molar-refractivity contribution in [3.8, 4) is 0 Å². The van der Waals surface area contributed by atoms with Crippen LogP contribution in [0.2, 0.25) is 5.02 Å². The summed E-state index contributed by atoms with van der Waals surface area (Å²) in [6.45, 7) is 4.05. The van der Waals surface area contributed by atoms with Gasteiger partial charge < -0.3 is 10.3 Å². The highest BCUT2D eigenvalue weighted by atomic mass is 35.5. The van der Waals surface area contributed by atoms with Crippen LogP contribution in [0.4, 0.5) is 0 Å². The van der Waals surface area contributed by atoms with Crippen molar-refractivity contribution in [2.45, 2.75) is 25.9 Å². The second kappa shape index (κ2) is 6.57. The quantitative estimate of drug-likeness (QED) is 0.689. The number of carbonyl (C=O) groups is 1. The van der Waals surface area contributed by atoms with Crippen LogP contribution < -0.4 is 5.32 Å². The topological polar surface area (TPSA) is 49.5 Å². The Balaban J connectivity index is 1.76. The van der Waals surface area contributed by atoms with E-state index in [2.05, 4.69) is 17.2 Å². The number of hydrogen-bond acceptors (Lipinski definition) is 1. The third-order valence-electron chi connectivity index (χ3n) is 4.24. The molecule has 0 aliphatic carbocycles. The Labute approximate surface area is 140 Å². The van der Waals surface area contributed by atoms with Crippen molar-refractivity contribution in [2.75, 3.05) is 0 Å². The molecule has 0 fully saturated rings. The van der Waals surface area contributed by atoms with E-state index in [-0.39, 0.29) is 17.9 Å². The molecule has 3 rings (SSSR count). The SMILES string of the molecule is C[C@H]([NH2+][C@@H](C)c1ccc(Cl)cc1)C(=O)c1c[nH]c2ccccc12. The molecule has 2 aromatic carbocycles. The van der Waals surface area contributed by atoms with Gasteiger partial charge in [0.2, 0.25) is 5.78 Å². The number of aromatic nitrogens is 1. The first-order chi connectivity index (χ1) is 11.1. The lowest BCUT2D eigenvalue weighted by molar-refractivity contribution is -0.709. The van der Waals surface area contributed by atoms with Crippen LogP contribution in [0.15, 0.2) is 54.7 Å². The summed E-state index contributed by atoms with van der Waals surface area (Å²) in [5.41, 5.74) is 2.91. The first kappa shape index (κ1) is 15.8. The first-order valence-corrected chi connectivity index (χ1v) is 8.15. The third-order valence-corrected chi connectivity index (χ3v) is 4.49. The van der Waals surface area contributed by atoms with E-state index < -0.39 is 0 Å². The molecular weight excluding hydrogens is 308 g/mol. The Bertz CT molecular complexity index is 823. The van der Waals surface area contributed by atoms with E-state index in [9.17, 15) is 4.79 Å². The molecule has 3 aromatic rings. The number of hydrogen-bond donors (Lipinski definition) is 2. The molecule has 1 aromatic heterocycles. The molecule has 0 bridgehead atoms. The smallest absolute Gasteiger partial charge is 0.221 e. The van der Waals surface area contributed by atoms with Crippen molar-refractivity contribution >= 4 is 28.3 Å². The molecule has 23 heavy (non-hydrogen) atoms. The van der Waals surface area contributed by atoms with E-state index in [1.165, 1.54) is 0 Å². The average molecular weight is 328 g/mol. The summed E-state index contributed by atoms with van der Waals surface area (Å²) in [5, 5.41) is 3.80. The second-order valence-electron chi connectivity index (χ2n) is 5.93. The predicted octanol–water partition coefficient (Wildman–Crippen LogP) is 3.72. The minimum Gasteiger partial charge on any atom is -0.360 e. The van der Waals surface area contributed by atoms with E-state index >= 15 is 0 Å². The number of carbonyl (C=O) groups excluding carboxylic acids is 1. The Morgan fingerprint density at radius 3 is 2.52 bits per heavy atom. The van der Waals surface area contributed by atoms with Crippen molar-refractivity contribution in [1.29, 1.82) is 0 Å². The number of aromatic amines is 1. The summed E-state index contributed by atoms with van der Waals surface area (Å²) in [6, 6.07) is 15.7. The Hall–Kier alpha value is -2.10. The van der Waals surface area contributed by atoms with Crippen molar-refractivity contribution in [3.63, 3.8) is 0 Å². The van der Waals surface area contributed by atoms with Gasteiger partial charge in [0.1, 0.15) is 12.1 Å². The van der Waals surface area contributed by atoms with Gasteiger partial charge in [-0.1, -0.05) is 41.9 Å². The molecular formula is C19H20ClN2O+. The largest absolute Gasteiger partial charge is 0.360 e. The van der Waals surface area contributed by atoms with Crippen molar-refractivity contribution in [3.05, 3.63) is 70.9 Å². The highest BCUT2D eigenvalue weighted by Gasteiger charge is 2.23. The lowest BCUT2D eigenvalue weighted by atomic mass is 10.0. The van der Waals surface area contributed by atoms with Crippen LogP contribution >= 0.6 is 11.6 Å². The average Bonchev–Trinajstić information content (AvgIpc) is 2.98. The molecule has 0 aliphatic heterocycles. The summed E-state index contributed by atoms with van der Waals surface area (Å²) in [6.07, 6.45) is 1.81. The minimum atomic E-state index is -0.153. The highest BCUT2D eigenvalue weighted by Crippen LogP contribution is 2.19. The summed E-state index contributed by atoms with van der Waals surface area (Å²) >= 11 is 5.93. The van der Waals surface area contributed by atoms with Crippen LogP contribution in [-0.2, 0) is 0 Å². The maximum atomic E-state index is 12.8. The zero-order chi connectivity index (χ0) is 16.4. The number of rotatable bonds is 5. The summed E-state index contributed by atoms with van der Waals surface area (Å²) in [5.74, 6) is 0.142. The van der Waals surface area contributed by atoms with Crippen molar-refractivity contribution in [2.24, 2.45) is 0 Å². The first-order valence-electron chi connectivity index (χ1n) is 7.77. The lowest BCUT2D eigenvalue weighted by Gasteiger charge is -2.16.